The van der Waals surface area contributed by atoms with Gasteiger partial charge in [-0.3, -0.25) is 4.79 Å². The maximum Gasteiger partial charge on any atom is 0.252 e. The van der Waals surface area contributed by atoms with Gasteiger partial charge in [0.2, 0.25) is 0 Å². The van der Waals surface area contributed by atoms with Crippen molar-refractivity contribution in [1.29, 1.82) is 0 Å². The molecule has 0 aromatic heterocycles. The van der Waals surface area contributed by atoms with Gasteiger partial charge in [0.25, 0.3) is 5.91 Å². The van der Waals surface area contributed by atoms with E-state index in [4.69, 9.17) is 4.74 Å². The molecule has 0 spiro atoms. The van der Waals surface area contributed by atoms with E-state index in [1.54, 1.807) is 7.11 Å². The standard InChI is InChI=1S/C22H29NO2/c1-7-20(17-10-8-15(4)9-11-17)23-22(24)19-13-18(14(2)3)21(25-6)12-16(19)5/h8-14,20H,7H2,1-6H3,(H,23,24). The number of carbonyl (C=O) groups excluding carboxylic acids is 1. The number of hydrogen-bond acceptors (Lipinski definition) is 2. The summed E-state index contributed by atoms with van der Waals surface area (Å²) in [4.78, 5) is 12.9. The molecule has 1 N–H and O–H groups in total. The third kappa shape index (κ3) is 4.41. The number of ether oxygens (including phenoxy) is 1. The van der Waals surface area contributed by atoms with Crippen LogP contribution in [0, 0.1) is 13.8 Å². The third-order valence-corrected chi connectivity index (χ3v) is 4.64. The van der Waals surface area contributed by atoms with Crippen LogP contribution in [0.25, 0.3) is 0 Å². The third-order valence-electron chi connectivity index (χ3n) is 4.64. The van der Waals surface area contributed by atoms with Crippen molar-refractivity contribution in [2.24, 2.45) is 0 Å². The van der Waals surface area contributed by atoms with E-state index >= 15 is 0 Å². The van der Waals surface area contributed by atoms with E-state index in [1.165, 1.54) is 5.56 Å². The number of hydrogen-bond donors (Lipinski definition) is 1. The van der Waals surface area contributed by atoms with Crippen molar-refractivity contribution in [3.63, 3.8) is 0 Å². The Balaban J connectivity index is 2.30. The minimum atomic E-state index is -0.0329. The molecule has 2 rings (SSSR count). The second kappa shape index (κ2) is 8.19. The SMILES string of the molecule is CCC(NC(=O)c1cc(C(C)C)c(OC)cc1C)c1ccc(C)cc1. The van der Waals surface area contributed by atoms with Crippen molar-refractivity contribution < 1.29 is 9.53 Å². The zero-order chi connectivity index (χ0) is 18.6. The molecule has 0 aliphatic heterocycles. The zero-order valence-corrected chi connectivity index (χ0v) is 16.1. The summed E-state index contributed by atoms with van der Waals surface area (Å²) in [5.74, 6) is 1.10. The number of aryl methyl sites for hydroxylation is 2. The van der Waals surface area contributed by atoms with Crippen LogP contribution in [0.4, 0.5) is 0 Å². The van der Waals surface area contributed by atoms with E-state index < -0.39 is 0 Å². The van der Waals surface area contributed by atoms with Gasteiger partial charge in [0.05, 0.1) is 13.2 Å². The fourth-order valence-corrected chi connectivity index (χ4v) is 3.03. The van der Waals surface area contributed by atoms with Crippen molar-refractivity contribution in [3.05, 3.63) is 64.2 Å². The first kappa shape index (κ1) is 19.0. The van der Waals surface area contributed by atoms with Crippen LogP contribution in [0.1, 0.15) is 71.8 Å². The van der Waals surface area contributed by atoms with E-state index in [0.717, 1.165) is 34.4 Å². The number of benzene rings is 2. The van der Waals surface area contributed by atoms with Gasteiger partial charge in [0.1, 0.15) is 5.75 Å². The van der Waals surface area contributed by atoms with Crippen LogP contribution in [0.15, 0.2) is 36.4 Å². The molecule has 0 bridgehead atoms. The summed E-state index contributed by atoms with van der Waals surface area (Å²) < 4.78 is 5.47. The van der Waals surface area contributed by atoms with Gasteiger partial charge in [-0.25, -0.2) is 0 Å². The van der Waals surface area contributed by atoms with E-state index in [-0.39, 0.29) is 11.9 Å². The molecule has 3 nitrogen and oxygen atoms in total. The van der Waals surface area contributed by atoms with Gasteiger partial charge < -0.3 is 10.1 Å². The zero-order valence-electron chi connectivity index (χ0n) is 16.1. The maximum absolute atomic E-state index is 12.9. The number of rotatable bonds is 6. The first-order valence-electron chi connectivity index (χ1n) is 8.93. The lowest BCUT2D eigenvalue weighted by atomic mass is 9.95. The fraction of sp³-hybridized carbons (Fsp3) is 0.409. The molecule has 1 amide bonds. The van der Waals surface area contributed by atoms with Crippen molar-refractivity contribution in [2.75, 3.05) is 7.11 Å². The predicted octanol–water partition coefficient (Wildman–Crippen LogP) is 5.32. The molecule has 3 heteroatoms. The molecule has 0 saturated heterocycles. The molecule has 0 fully saturated rings. The molecular weight excluding hydrogens is 310 g/mol. The highest BCUT2D eigenvalue weighted by atomic mass is 16.5. The lowest BCUT2D eigenvalue weighted by molar-refractivity contribution is 0.0935. The molecule has 1 atom stereocenters. The Hall–Kier alpha value is -2.29. The van der Waals surface area contributed by atoms with Gasteiger partial charge in [-0.1, -0.05) is 50.6 Å². The van der Waals surface area contributed by atoms with Crippen LogP contribution < -0.4 is 10.1 Å². The van der Waals surface area contributed by atoms with Crippen LogP contribution in [-0.2, 0) is 0 Å². The van der Waals surface area contributed by atoms with Gasteiger partial charge in [0.15, 0.2) is 0 Å². The number of nitrogens with one attached hydrogen (secondary N) is 1. The van der Waals surface area contributed by atoms with Crippen molar-refractivity contribution in [3.8, 4) is 5.75 Å². The van der Waals surface area contributed by atoms with Gasteiger partial charge in [0, 0.05) is 5.56 Å². The van der Waals surface area contributed by atoms with Gasteiger partial charge >= 0.3 is 0 Å². The number of carbonyl (C=O) groups is 1. The smallest absolute Gasteiger partial charge is 0.252 e. The Morgan fingerprint density at radius 2 is 1.76 bits per heavy atom. The maximum atomic E-state index is 12.9. The van der Waals surface area contributed by atoms with Crippen molar-refractivity contribution in [1.82, 2.24) is 5.32 Å². The molecule has 2 aromatic carbocycles. The molecule has 0 aliphatic carbocycles. The summed E-state index contributed by atoms with van der Waals surface area (Å²) in [6, 6.07) is 12.3. The Bertz CT molecular complexity index is 732. The molecule has 0 radical (unpaired) electrons. The van der Waals surface area contributed by atoms with Gasteiger partial charge in [-0.05, 0) is 55.0 Å². The minimum absolute atomic E-state index is 0.0112. The molecule has 134 valence electrons. The van der Waals surface area contributed by atoms with Crippen molar-refractivity contribution >= 4 is 5.91 Å². The van der Waals surface area contributed by atoms with Crippen molar-refractivity contribution in [2.45, 2.75) is 53.0 Å². The lowest BCUT2D eigenvalue weighted by Gasteiger charge is -2.20. The summed E-state index contributed by atoms with van der Waals surface area (Å²) in [5, 5.41) is 3.18. The number of amides is 1. The van der Waals surface area contributed by atoms with Gasteiger partial charge in [-0.15, -0.1) is 0 Å². The monoisotopic (exact) mass is 339 g/mol. The Morgan fingerprint density at radius 3 is 2.28 bits per heavy atom. The molecule has 25 heavy (non-hydrogen) atoms. The van der Waals surface area contributed by atoms with E-state index in [1.807, 2.05) is 19.1 Å². The summed E-state index contributed by atoms with van der Waals surface area (Å²) in [6.45, 7) is 10.3. The second-order valence-corrected chi connectivity index (χ2v) is 6.91. The summed E-state index contributed by atoms with van der Waals surface area (Å²) in [7, 11) is 1.67. The Morgan fingerprint density at radius 1 is 1.12 bits per heavy atom. The van der Waals surface area contributed by atoms with E-state index in [2.05, 4.69) is 57.3 Å². The number of methoxy groups -OCH3 is 1. The molecular formula is C22H29NO2. The summed E-state index contributed by atoms with van der Waals surface area (Å²) >= 11 is 0. The molecule has 1 unspecified atom stereocenters. The quantitative estimate of drug-likeness (QED) is 0.774. The van der Waals surface area contributed by atoms with Crippen LogP contribution in [-0.4, -0.2) is 13.0 Å². The first-order chi connectivity index (χ1) is 11.9. The Labute approximate surface area is 151 Å². The van der Waals surface area contributed by atoms with Gasteiger partial charge in [-0.2, -0.15) is 0 Å². The largest absolute Gasteiger partial charge is 0.496 e. The Kier molecular flexibility index (Phi) is 6.24. The second-order valence-electron chi connectivity index (χ2n) is 6.91. The highest BCUT2D eigenvalue weighted by Gasteiger charge is 2.19. The summed E-state index contributed by atoms with van der Waals surface area (Å²) in [5.41, 5.74) is 5.06. The molecule has 0 aliphatic rings. The average Bonchev–Trinajstić information content (AvgIpc) is 2.59. The van der Waals surface area contributed by atoms with E-state index in [9.17, 15) is 4.79 Å². The predicted molar refractivity (Wildman–Crippen MR) is 103 cm³/mol. The first-order valence-corrected chi connectivity index (χ1v) is 8.93. The normalized spacial score (nSPS) is 12.1. The summed E-state index contributed by atoms with van der Waals surface area (Å²) in [6.07, 6.45) is 0.848. The van der Waals surface area contributed by atoms with E-state index in [0.29, 0.717) is 5.92 Å². The average molecular weight is 339 g/mol. The lowest BCUT2D eigenvalue weighted by Crippen LogP contribution is -2.29. The highest BCUT2D eigenvalue weighted by Crippen LogP contribution is 2.30. The van der Waals surface area contributed by atoms with Crippen LogP contribution in [0.3, 0.4) is 0 Å². The van der Waals surface area contributed by atoms with Crippen LogP contribution >= 0.6 is 0 Å². The molecule has 2 aromatic rings. The van der Waals surface area contributed by atoms with Crippen LogP contribution in [0.2, 0.25) is 0 Å². The fourth-order valence-electron chi connectivity index (χ4n) is 3.03. The van der Waals surface area contributed by atoms with Crippen LogP contribution in [0.5, 0.6) is 5.75 Å². The minimum Gasteiger partial charge on any atom is -0.496 e. The topological polar surface area (TPSA) is 38.3 Å². The highest BCUT2D eigenvalue weighted by molar-refractivity contribution is 5.96. The molecule has 0 heterocycles. The molecule has 0 saturated carbocycles.